The quantitative estimate of drug-likeness (QED) is 0.285. The Morgan fingerprint density at radius 2 is 1.97 bits per heavy atom. The molecule has 0 saturated carbocycles. The number of benzene rings is 2. The average Bonchev–Trinajstić information content (AvgIpc) is 3.30. The fourth-order valence-corrected chi connectivity index (χ4v) is 6.42. The number of ether oxygens (including phenoxy) is 1. The second-order valence-corrected chi connectivity index (χ2v) is 11.1. The fraction of sp³-hybridized carbons (Fsp3) is 0.261. The topological polar surface area (TPSA) is 67.5 Å². The molecule has 5 nitrogen and oxygen atoms in total. The van der Waals surface area contributed by atoms with Gasteiger partial charge in [-0.15, -0.1) is 11.3 Å². The summed E-state index contributed by atoms with van der Waals surface area (Å²) in [5.41, 5.74) is 4.65. The Morgan fingerprint density at radius 3 is 2.68 bits per heavy atom. The molecule has 31 heavy (non-hydrogen) atoms. The number of thiazole rings is 1. The molecule has 0 radical (unpaired) electrons. The zero-order valence-corrected chi connectivity index (χ0v) is 20.0. The van der Waals surface area contributed by atoms with Gasteiger partial charge in [-0.2, -0.15) is 13.0 Å². The molecule has 2 heterocycles. The van der Waals surface area contributed by atoms with Gasteiger partial charge in [0.15, 0.2) is 6.54 Å². The summed E-state index contributed by atoms with van der Waals surface area (Å²) in [6.07, 6.45) is 4.52. The summed E-state index contributed by atoms with van der Waals surface area (Å²) >= 11 is 3.29. The van der Waals surface area contributed by atoms with Gasteiger partial charge < -0.3 is 4.74 Å². The number of rotatable bonds is 7. The van der Waals surface area contributed by atoms with E-state index in [-0.39, 0.29) is 5.75 Å². The van der Waals surface area contributed by atoms with Crippen LogP contribution in [0.3, 0.4) is 0 Å². The van der Waals surface area contributed by atoms with E-state index in [1.54, 1.807) is 29.8 Å². The fourth-order valence-electron chi connectivity index (χ4n) is 3.77. The SMILES string of the molecule is COc1cc2sc(/C=C/c3ccc(C)cc3C)[n+](CCCS(=O)(=O)O)c2c2sccc12. The molecule has 0 aliphatic rings. The highest BCUT2D eigenvalue weighted by Gasteiger charge is 2.24. The minimum atomic E-state index is -4.00. The smallest absolute Gasteiger partial charge is 0.265 e. The van der Waals surface area contributed by atoms with Gasteiger partial charge in [-0.3, -0.25) is 4.55 Å². The van der Waals surface area contributed by atoms with Crippen molar-refractivity contribution in [1.29, 1.82) is 0 Å². The van der Waals surface area contributed by atoms with Crippen LogP contribution >= 0.6 is 22.7 Å². The number of thiophene rings is 1. The van der Waals surface area contributed by atoms with Crippen molar-refractivity contribution in [3.63, 3.8) is 0 Å². The van der Waals surface area contributed by atoms with Gasteiger partial charge in [-0.25, -0.2) is 0 Å². The molecular formula is C23H24NO4S3+. The number of methoxy groups -OCH3 is 1. The third kappa shape index (κ3) is 4.67. The second kappa shape index (κ2) is 8.70. The molecule has 162 valence electrons. The maximum absolute atomic E-state index is 11.3. The summed E-state index contributed by atoms with van der Waals surface area (Å²) in [5.74, 6) is 0.571. The van der Waals surface area contributed by atoms with Crippen LogP contribution in [0.15, 0.2) is 35.7 Å². The lowest BCUT2D eigenvalue weighted by atomic mass is 10.1. The molecular weight excluding hydrogens is 450 g/mol. The molecule has 4 aromatic rings. The third-order valence-electron chi connectivity index (χ3n) is 5.23. The highest BCUT2D eigenvalue weighted by atomic mass is 32.2. The Morgan fingerprint density at radius 1 is 1.16 bits per heavy atom. The number of nitrogens with zero attached hydrogens (tertiary/aromatic N) is 1. The van der Waals surface area contributed by atoms with E-state index in [1.807, 2.05) is 17.5 Å². The van der Waals surface area contributed by atoms with Gasteiger partial charge in [0.2, 0.25) is 5.52 Å². The predicted molar refractivity (Wildman–Crippen MR) is 130 cm³/mol. The number of hydrogen-bond acceptors (Lipinski definition) is 5. The number of aryl methyl sites for hydroxylation is 3. The van der Waals surface area contributed by atoms with Gasteiger partial charge in [0.1, 0.15) is 15.1 Å². The Balaban J connectivity index is 1.84. The van der Waals surface area contributed by atoms with E-state index < -0.39 is 10.1 Å². The number of fused-ring (bicyclic) bond motifs is 3. The van der Waals surface area contributed by atoms with E-state index in [0.717, 1.165) is 36.6 Å². The largest absolute Gasteiger partial charge is 0.496 e. The van der Waals surface area contributed by atoms with E-state index in [0.29, 0.717) is 13.0 Å². The molecule has 0 aliphatic carbocycles. The summed E-state index contributed by atoms with van der Waals surface area (Å²) in [5, 5.41) is 4.11. The van der Waals surface area contributed by atoms with Crippen LogP contribution in [-0.4, -0.2) is 25.8 Å². The first-order valence-electron chi connectivity index (χ1n) is 9.88. The minimum Gasteiger partial charge on any atom is -0.496 e. The maximum atomic E-state index is 11.3. The van der Waals surface area contributed by atoms with Crippen molar-refractivity contribution in [3.8, 4) is 5.75 Å². The van der Waals surface area contributed by atoms with Crippen LogP contribution in [0.25, 0.3) is 32.5 Å². The zero-order chi connectivity index (χ0) is 22.2. The molecule has 0 fully saturated rings. The predicted octanol–water partition coefficient (Wildman–Crippen LogP) is 5.48. The van der Waals surface area contributed by atoms with Gasteiger partial charge in [-0.05, 0) is 42.5 Å². The molecule has 0 atom stereocenters. The van der Waals surface area contributed by atoms with Crippen molar-refractivity contribution >= 4 is 65.2 Å². The highest BCUT2D eigenvalue weighted by molar-refractivity contribution is 7.85. The van der Waals surface area contributed by atoms with Crippen LogP contribution in [0, 0.1) is 13.8 Å². The normalized spacial score (nSPS) is 12.4. The van der Waals surface area contributed by atoms with Gasteiger partial charge in [0.25, 0.3) is 15.1 Å². The molecule has 0 bridgehead atoms. The Labute approximate surface area is 190 Å². The number of aromatic nitrogens is 1. The van der Waals surface area contributed by atoms with Crippen molar-refractivity contribution in [2.24, 2.45) is 0 Å². The lowest BCUT2D eigenvalue weighted by Gasteiger charge is -2.02. The summed E-state index contributed by atoms with van der Waals surface area (Å²) in [4.78, 5) is 0. The lowest BCUT2D eigenvalue weighted by Crippen LogP contribution is -2.36. The second-order valence-electron chi connectivity index (χ2n) is 7.51. The Kier molecular flexibility index (Phi) is 6.16. The minimum absolute atomic E-state index is 0.263. The summed E-state index contributed by atoms with van der Waals surface area (Å²) < 4.78 is 41.6. The standard InChI is InChI=1S/C23H23NO4S3/c1-15-5-6-17(16(2)13-15)7-8-21-24(10-4-12-31(25,26)27)22-20(30-21)14-19(28-3)18-9-11-29-23(18)22/h5-9,11,13-14H,4,10,12H2,1-3H3/p+1/b8-7+. The van der Waals surface area contributed by atoms with Crippen LogP contribution in [0.2, 0.25) is 0 Å². The van der Waals surface area contributed by atoms with Gasteiger partial charge in [-0.1, -0.05) is 35.1 Å². The van der Waals surface area contributed by atoms with Gasteiger partial charge >= 0.3 is 0 Å². The zero-order valence-electron chi connectivity index (χ0n) is 17.6. The highest BCUT2D eigenvalue weighted by Crippen LogP contribution is 2.38. The Hall–Kier alpha value is -2.26. The van der Waals surface area contributed by atoms with E-state index in [1.165, 1.54) is 11.1 Å². The van der Waals surface area contributed by atoms with Crippen molar-refractivity contribution in [2.75, 3.05) is 12.9 Å². The van der Waals surface area contributed by atoms with Gasteiger partial charge in [0, 0.05) is 23.9 Å². The molecule has 2 aromatic heterocycles. The van der Waals surface area contributed by atoms with Crippen LogP contribution in [0.1, 0.15) is 28.1 Å². The van der Waals surface area contributed by atoms with Crippen LogP contribution in [0.4, 0.5) is 0 Å². The number of hydrogen-bond donors (Lipinski definition) is 1. The van der Waals surface area contributed by atoms with E-state index in [9.17, 15) is 13.0 Å². The summed E-state index contributed by atoms with van der Waals surface area (Å²) in [6.45, 7) is 4.67. The van der Waals surface area contributed by atoms with E-state index in [4.69, 9.17) is 4.74 Å². The first-order valence-corrected chi connectivity index (χ1v) is 13.2. The Bertz CT molecular complexity index is 1400. The molecule has 0 amide bonds. The first kappa shape index (κ1) is 22.0. The maximum Gasteiger partial charge on any atom is 0.265 e. The lowest BCUT2D eigenvalue weighted by molar-refractivity contribution is -0.667. The molecule has 2 aromatic carbocycles. The van der Waals surface area contributed by atoms with Crippen molar-refractivity contribution in [3.05, 3.63) is 57.4 Å². The monoisotopic (exact) mass is 474 g/mol. The van der Waals surface area contributed by atoms with Crippen LogP contribution in [0.5, 0.6) is 5.75 Å². The third-order valence-corrected chi connectivity index (χ3v) is 8.05. The molecule has 8 heteroatoms. The van der Waals surface area contributed by atoms with E-state index >= 15 is 0 Å². The summed E-state index contributed by atoms with van der Waals surface area (Å²) in [6, 6.07) is 10.5. The van der Waals surface area contributed by atoms with Crippen molar-refractivity contribution in [2.45, 2.75) is 26.8 Å². The average molecular weight is 475 g/mol. The van der Waals surface area contributed by atoms with Gasteiger partial charge in [0.05, 0.1) is 12.9 Å². The molecule has 0 spiro atoms. The molecule has 0 saturated heterocycles. The first-order chi connectivity index (χ1) is 14.8. The van der Waals surface area contributed by atoms with E-state index in [2.05, 4.69) is 48.8 Å². The molecule has 1 N–H and O–H groups in total. The molecule has 4 rings (SSSR count). The molecule has 0 aliphatic heterocycles. The van der Waals surface area contributed by atoms with Crippen LogP contribution < -0.4 is 9.30 Å². The van der Waals surface area contributed by atoms with Crippen molar-refractivity contribution < 1.29 is 22.3 Å². The molecule has 0 unspecified atom stereocenters. The summed E-state index contributed by atoms with van der Waals surface area (Å²) in [7, 11) is -2.32. The van der Waals surface area contributed by atoms with Crippen molar-refractivity contribution in [1.82, 2.24) is 0 Å². The van der Waals surface area contributed by atoms with Crippen LogP contribution in [-0.2, 0) is 16.7 Å².